The van der Waals surface area contributed by atoms with Gasteiger partial charge in [0.15, 0.2) is 0 Å². The van der Waals surface area contributed by atoms with Crippen molar-refractivity contribution < 1.29 is 13.2 Å². The van der Waals surface area contributed by atoms with Gasteiger partial charge in [-0.2, -0.15) is 0 Å². The molecular weight excluding hydrogens is 374 g/mol. The number of sulfonamides is 1. The van der Waals surface area contributed by atoms with Crippen molar-refractivity contribution in [2.45, 2.75) is 17.7 Å². The molecule has 2 aromatic carbocycles. The maximum absolute atomic E-state index is 13.2. The first-order chi connectivity index (χ1) is 13.6. The van der Waals surface area contributed by atoms with E-state index < -0.39 is 10.0 Å². The second-order valence-corrected chi connectivity index (χ2v) is 8.27. The number of pyridine rings is 1. The highest BCUT2D eigenvalue weighted by Crippen LogP contribution is 2.35. The minimum Gasteiger partial charge on any atom is -0.497 e. The molecule has 3 aromatic rings. The molecule has 1 aliphatic heterocycles. The van der Waals surface area contributed by atoms with Gasteiger partial charge in [0.2, 0.25) is 0 Å². The molecule has 0 bridgehead atoms. The summed E-state index contributed by atoms with van der Waals surface area (Å²) >= 11 is 0. The van der Waals surface area contributed by atoms with Crippen LogP contribution >= 0.6 is 0 Å². The zero-order valence-corrected chi connectivity index (χ0v) is 16.3. The molecule has 0 spiro atoms. The number of nitrogens with zero attached hydrogens (tertiary/aromatic N) is 1. The average molecular weight is 395 g/mol. The molecule has 0 atom stereocenters. The lowest BCUT2D eigenvalue weighted by Gasteiger charge is -2.23. The summed E-state index contributed by atoms with van der Waals surface area (Å²) in [6, 6.07) is 14.3. The number of ether oxygens (including phenoxy) is 1. The van der Waals surface area contributed by atoms with Crippen LogP contribution in [0.5, 0.6) is 5.75 Å². The van der Waals surface area contributed by atoms with Gasteiger partial charge in [-0.1, -0.05) is 6.07 Å². The lowest BCUT2D eigenvalue weighted by Crippen LogP contribution is -2.20. The molecule has 1 aromatic heterocycles. The summed E-state index contributed by atoms with van der Waals surface area (Å²) in [5.41, 5.74) is 3.89. The number of aromatic nitrogens is 1. The zero-order valence-electron chi connectivity index (χ0n) is 15.5. The Hall–Kier alpha value is -3.06. The van der Waals surface area contributed by atoms with Crippen LogP contribution in [0.2, 0.25) is 0 Å². The Bertz CT molecular complexity index is 1080. The van der Waals surface area contributed by atoms with E-state index in [1.54, 1.807) is 49.8 Å². The fourth-order valence-corrected chi connectivity index (χ4v) is 4.65. The van der Waals surface area contributed by atoms with Crippen LogP contribution in [-0.2, 0) is 16.4 Å². The topological polar surface area (TPSA) is 80.3 Å². The SMILES string of the molecule is COc1ccc(NS(=O)(=O)c2cc(-c3cccnc3)cc3c2NCCC3)cc1. The van der Waals surface area contributed by atoms with E-state index in [0.29, 0.717) is 17.1 Å². The highest BCUT2D eigenvalue weighted by Gasteiger charge is 2.24. The summed E-state index contributed by atoms with van der Waals surface area (Å²) in [5, 5.41) is 3.27. The van der Waals surface area contributed by atoms with Crippen molar-refractivity contribution in [3.63, 3.8) is 0 Å². The summed E-state index contributed by atoms with van der Waals surface area (Å²) in [7, 11) is -2.21. The highest BCUT2D eigenvalue weighted by atomic mass is 32.2. The molecule has 1 aliphatic rings. The predicted molar refractivity (Wildman–Crippen MR) is 110 cm³/mol. The quantitative estimate of drug-likeness (QED) is 0.684. The maximum atomic E-state index is 13.2. The van der Waals surface area contributed by atoms with Gasteiger partial charge >= 0.3 is 0 Å². The first-order valence-corrected chi connectivity index (χ1v) is 10.5. The monoisotopic (exact) mass is 395 g/mol. The summed E-state index contributed by atoms with van der Waals surface area (Å²) in [6.45, 7) is 0.754. The van der Waals surface area contributed by atoms with Crippen LogP contribution in [0.25, 0.3) is 11.1 Å². The van der Waals surface area contributed by atoms with Gasteiger partial charge in [-0.15, -0.1) is 0 Å². The van der Waals surface area contributed by atoms with Crippen LogP contribution in [0.1, 0.15) is 12.0 Å². The van der Waals surface area contributed by atoms with Gasteiger partial charge in [-0.05, 0) is 66.4 Å². The Labute approximate surface area is 164 Å². The molecule has 0 aliphatic carbocycles. The van der Waals surface area contributed by atoms with Crippen LogP contribution in [0.15, 0.2) is 65.8 Å². The predicted octanol–water partition coefficient (Wildman–Crippen LogP) is 3.92. The van der Waals surface area contributed by atoms with E-state index >= 15 is 0 Å². The van der Waals surface area contributed by atoms with E-state index in [1.165, 1.54) is 0 Å². The number of nitrogens with one attached hydrogen (secondary N) is 2. The van der Waals surface area contributed by atoms with Crippen molar-refractivity contribution in [3.8, 4) is 16.9 Å². The van der Waals surface area contributed by atoms with Crippen molar-refractivity contribution in [1.29, 1.82) is 0 Å². The Morgan fingerprint density at radius 1 is 1.11 bits per heavy atom. The first kappa shape index (κ1) is 18.3. The Morgan fingerprint density at radius 2 is 1.93 bits per heavy atom. The first-order valence-electron chi connectivity index (χ1n) is 9.05. The van der Waals surface area contributed by atoms with Gasteiger partial charge in [0.25, 0.3) is 10.0 Å². The molecule has 6 nitrogen and oxygen atoms in total. The molecule has 144 valence electrons. The Morgan fingerprint density at radius 3 is 2.64 bits per heavy atom. The van der Waals surface area contributed by atoms with Crippen molar-refractivity contribution in [1.82, 2.24) is 4.98 Å². The van der Waals surface area contributed by atoms with Gasteiger partial charge in [-0.25, -0.2) is 8.42 Å². The molecule has 2 heterocycles. The minimum absolute atomic E-state index is 0.249. The molecule has 7 heteroatoms. The maximum Gasteiger partial charge on any atom is 0.263 e. The number of methoxy groups -OCH3 is 1. The zero-order chi connectivity index (χ0) is 19.6. The average Bonchev–Trinajstić information content (AvgIpc) is 2.74. The van der Waals surface area contributed by atoms with Crippen molar-refractivity contribution >= 4 is 21.4 Å². The van der Waals surface area contributed by atoms with Gasteiger partial charge < -0.3 is 10.1 Å². The normalized spacial score (nSPS) is 13.3. The van der Waals surface area contributed by atoms with Crippen molar-refractivity contribution in [2.75, 3.05) is 23.7 Å². The Kier molecular flexibility index (Phi) is 4.92. The second-order valence-electron chi connectivity index (χ2n) is 6.61. The molecule has 0 amide bonds. The summed E-state index contributed by atoms with van der Waals surface area (Å²) in [5.74, 6) is 0.667. The number of anilines is 2. The fourth-order valence-electron chi connectivity index (χ4n) is 3.34. The molecule has 0 unspecified atom stereocenters. The highest BCUT2D eigenvalue weighted by molar-refractivity contribution is 7.92. The van der Waals surface area contributed by atoms with Gasteiger partial charge in [0.1, 0.15) is 10.6 Å². The lowest BCUT2D eigenvalue weighted by molar-refractivity contribution is 0.415. The van der Waals surface area contributed by atoms with Gasteiger partial charge in [0, 0.05) is 30.2 Å². The summed E-state index contributed by atoms with van der Waals surface area (Å²) in [4.78, 5) is 4.41. The van der Waals surface area contributed by atoms with Gasteiger partial charge in [-0.3, -0.25) is 9.71 Å². The van der Waals surface area contributed by atoms with Crippen LogP contribution in [-0.4, -0.2) is 27.1 Å². The molecule has 28 heavy (non-hydrogen) atoms. The molecule has 0 fully saturated rings. The summed E-state index contributed by atoms with van der Waals surface area (Å²) in [6.07, 6.45) is 5.24. The van der Waals surface area contributed by atoms with E-state index in [-0.39, 0.29) is 4.90 Å². The molecule has 0 radical (unpaired) electrons. The number of hydrogen-bond donors (Lipinski definition) is 2. The van der Waals surface area contributed by atoms with Crippen molar-refractivity contribution in [2.24, 2.45) is 0 Å². The van der Waals surface area contributed by atoms with Crippen LogP contribution in [0, 0.1) is 0 Å². The lowest BCUT2D eigenvalue weighted by atomic mass is 9.98. The second kappa shape index (κ2) is 7.52. The van der Waals surface area contributed by atoms with Crippen LogP contribution in [0.4, 0.5) is 11.4 Å². The van der Waals surface area contributed by atoms with Gasteiger partial charge in [0.05, 0.1) is 12.8 Å². The number of benzene rings is 2. The third kappa shape index (κ3) is 3.66. The molecular formula is C21H21N3O3S. The van der Waals surface area contributed by atoms with E-state index in [4.69, 9.17) is 4.74 Å². The number of aryl methyl sites for hydroxylation is 1. The number of fused-ring (bicyclic) bond motifs is 1. The largest absolute Gasteiger partial charge is 0.497 e. The number of hydrogen-bond acceptors (Lipinski definition) is 5. The molecule has 0 saturated carbocycles. The van der Waals surface area contributed by atoms with E-state index in [1.807, 2.05) is 18.2 Å². The standard InChI is InChI=1S/C21H21N3O3S/c1-27-19-8-6-18(7-9-19)24-28(25,26)20-13-17(16-5-2-10-22-14-16)12-15-4-3-11-23-21(15)20/h2,5-10,12-14,23-24H,3-4,11H2,1H3. The fraction of sp³-hybridized carbons (Fsp3) is 0.190. The van der Waals surface area contributed by atoms with E-state index in [2.05, 4.69) is 15.0 Å². The van der Waals surface area contributed by atoms with Crippen molar-refractivity contribution in [3.05, 3.63) is 66.5 Å². The third-order valence-corrected chi connectivity index (χ3v) is 6.14. The van der Waals surface area contributed by atoms with E-state index in [0.717, 1.165) is 36.1 Å². The van der Waals surface area contributed by atoms with E-state index in [9.17, 15) is 8.42 Å². The van der Waals surface area contributed by atoms with Crippen LogP contribution in [0.3, 0.4) is 0 Å². The minimum atomic E-state index is -3.78. The molecule has 4 rings (SSSR count). The smallest absolute Gasteiger partial charge is 0.263 e. The Balaban J connectivity index is 1.78. The molecule has 0 saturated heterocycles. The number of rotatable bonds is 5. The summed E-state index contributed by atoms with van der Waals surface area (Å²) < 4.78 is 34.2. The third-order valence-electron chi connectivity index (χ3n) is 4.74. The van der Waals surface area contributed by atoms with Crippen LogP contribution < -0.4 is 14.8 Å². The molecule has 2 N–H and O–H groups in total.